The molecule has 0 aliphatic rings. The van der Waals surface area contributed by atoms with Crippen LogP contribution in [0.2, 0.25) is 0 Å². The number of halogens is 10. The van der Waals surface area contributed by atoms with Gasteiger partial charge in [-0.3, -0.25) is 30.3 Å². The van der Waals surface area contributed by atoms with Gasteiger partial charge in [-0.2, -0.15) is 13.2 Å². The van der Waals surface area contributed by atoms with E-state index < -0.39 is 43.7 Å². The molecule has 0 radical (unpaired) electrons. The zero-order chi connectivity index (χ0) is 47.5. The third kappa shape index (κ3) is 18.7. The Bertz CT molecular complexity index is 2300. The molecule has 0 amide bonds. The maximum Gasteiger partial charge on any atom is 0.418 e. The molecule has 0 aliphatic heterocycles. The minimum absolute atomic E-state index is 0.0306. The molecule has 0 unspecified atom stereocenters. The molecule has 0 saturated heterocycles. The van der Waals surface area contributed by atoms with Crippen molar-refractivity contribution in [1.82, 2.24) is 0 Å². The van der Waals surface area contributed by atoms with Gasteiger partial charge in [0.15, 0.2) is 5.82 Å². The summed E-state index contributed by atoms with van der Waals surface area (Å²) in [5.41, 5.74) is 30.9. The Kier molecular flexibility index (Phi) is 23.0. The number of nitro groups is 3. The Morgan fingerprint density at radius 1 is 0.500 bits per heavy atom. The Morgan fingerprint density at radius 3 is 1.39 bits per heavy atom. The van der Waals surface area contributed by atoms with Crippen molar-refractivity contribution in [3.8, 4) is 0 Å². The van der Waals surface area contributed by atoms with Crippen molar-refractivity contribution in [3.63, 3.8) is 0 Å². The molecule has 0 spiro atoms. The lowest BCUT2D eigenvalue weighted by molar-refractivity contribution is -0.384. The molecule has 6 aromatic rings. The number of nitrogens with two attached hydrogens (primary N) is 6. The molecule has 12 N–H and O–H groups in total. The number of hydrogen-bond donors (Lipinski definition) is 6. The summed E-state index contributed by atoms with van der Waals surface area (Å²) < 4.78 is 76.0. The molecule has 15 nitrogen and oxygen atoms in total. The largest absolute Gasteiger partial charge is 0.418 e. The summed E-state index contributed by atoms with van der Waals surface area (Å²) in [6, 6.07) is 26.7. The van der Waals surface area contributed by atoms with E-state index in [1.165, 1.54) is 54.6 Å². The summed E-state index contributed by atoms with van der Waals surface area (Å²) in [7, 11) is 0. The highest BCUT2D eigenvalue weighted by molar-refractivity contribution is 14.1. The van der Waals surface area contributed by atoms with Crippen molar-refractivity contribution in [2.45, 2.75) is 6.18 Å². The minimum Gasteiger partial charge on any atom is -0.398 e. The van der Waals surface area contributed by atoms with Crippen LogP contribution in [-0.2, 0) is 6.18 Å². The topological polar surface area (TPSA) is 286 Å². The number of benzene rings is 6. The molecule has 25 heteroatoms. The Morgan fingerprint density at radius 2 is 0.984 bits per heavy atom. The van der Waals surface area contributed by atoms with Crippen molar-refractivity contribution >= 4 is 135 Å². The van der Waals surface area contributed by atoms with Gasteiger partial charge in [-0.15, -0.1) is 0 Å². The van der Waals surface area contributed by atoms with Gasteiger partial charge in [-0.05, 0) is 150 Å². The fraction of sp³-hybridized carbons (Fsp3) is 0.0270. The molecule has 0 bridgehead atoms. The average Bonchev–Trinajstić information content (AvgIpc) is 3.19. The van der Waals surface area contributed by atoms with Crippen LogP contribution < -0.4 is 34.4 Å². The molecule has 6 rings (SSSR count). The number of para-hydroxylation sites is 4. The van der Waals surface area contributed by atoms with Gasteiger partial charge in [-0.1, -0.05) is 30.3 Å². The normalized spacial score (nSPS) is 9.90. The smallest absolute Gasteiger partial charge is 0.398 e. The molecule has 0 aromatic heterocycles. The van der Waals surface area contributed by atoms with Crippen LogP contribution in [0.5, 0.6) is 0 Å². The minimum atomic E-state index is -4.34. The van der Waals surface area contributed by atoms with E-state index in [1.54, 1.807) is 42.5 Å². The van der Waals surface area contributed by atoms with E-state index in [9.17, 15) is 56.7 Å². The van der Waals surface area contributed by atoms with E-state index in [2.05, 4.69) is 15.9 Å². The first kappa shape index (κ1) is 54.6. The van der Waals surface area contributed by atoms with E-state index in [4.69, 9.17) is 34.4 Å². The number of alkyl halides is 3. The fourth-order valence-electron chi connectivity index (χ4n) is 3.81. The summed E-state index contributed by atoms with van der Waals surface area (Å²) in [5, 5.41) is 30.7. The van der Waals surface area contributed by atoms with Crippen LogP contribution >= 0.6 is 83.7 Å². The molecule has 0 atom stereocenters. The van der Waals surface area contributed by atoms with Gasteiger partial charge < -0.3 is 34.4 Å². The second-order valence-corrected chi connectivity index (χ2v) is 15.6. The van der Waals surface area contributed by atoms with Crippen LogP contribution in [0, 0.1) is 58.5 Å². The SMILES string of the molecule is Nc1c(Br)cccc1[N+](=O)[O-].Nc1c(F)cccc1[N+](=O)[O-].Nc1c(I)cccc1[N+](=O)[O-].Nc1ccc(F)cc1I.Nc1ccc(I)cc1F.Nc1ccccc1C(F)(F)F. The number of rotatable bonds is 3. The summed E-state index contributed by atoms with van der Waals surface area (Å²) in [4.78, 5) is 29.0. The van der Waals surface area contributed by atoms with E-state index in [0.717, 1.165) is 25.3 Å². The summed E-state index contributed by atoms with van der Waals surface area (Å²) in [5.74, 6) is -1.35. The maximum absolute atomic E-state index is 12.5. The Labute approximate surface area is 397 Å². The predicted octanol–water partition coefficient (Wildman–Crippen LogP) is 11.3. The van der Waals surface area contributed by atoms with Crippen molar-refractivity contribution < 1.29 is 41.1 Å². The molecular weight excluding hydrogens is 1240 g/mol. The van der Waals surface area contributed by atoms with Crippen LogP contribution in [0.1, 0.15) is 5.56 Å². The highest BCUT2D eigenvalue weighted by atomic mass is 127. The van der Waals surface area contributed by atoms with Gasteiger partial charge in [0.05, 0.1) is 26.0 Å². The Hall–Kier alpha value is -5.43. The molecule has 62 heavy (non-hydrogen) atoms. The van der Waals surface area contributed by atoms with Gasteiger partial charge in [-0.25, -0.2) is 13.2 Å². The molecule has 330 valence electrons. The third-order valence-corrected chi connectivity index (χ3v) is 10.1. The molecule has 6 aromatic carbocycles. The van der Waals surface area contributed by atoms with E-state index in [-0.39, 0.29) is 45.8 Å². The van der Waals surface area contributed by atoms with Gasteiger partial charge in [0, 0.05) is 44.8 Å². The first-order valence-corrected chi connectivity index (χ1v) is 20.2. The standard InChI is InChI=1S/C7H6F3N.C6H5BrN2O2.2C6H5FIN.C6H5FN2O2.C6H5IN2O2/c8-7(9,10)5-3-1-2-4-6(5)11;7-4-2-1-3-5(6(4)8)9(10)11;7-5-3-4(8)1-2-6(5)9;7-4-1-2-6(9)5(8)3-4;2*7-4-2-1-3-5(6(4)8)9(10)11/h1-4H,11H2;1-3H,8H2;2*1-3H,9H2;2*1-3H,8H2. The van der Waals surface area contributed by atoms with Crippen molar-refractivity contribution in [2.24, 2.45) is 0 Å². The zero-order valence-electron chi connectivity index (χ0n) is 31.0. The van der Waals surface area contributed by atoms with Crippen LogP contribution in [-0.4, -0.2) is 14.8 Å². The molecule has 0 aliphatic carbocycles. The van der Waals surface area contributed by atoms with Crippen molar-refractivity contribution in [3.05, 3.63) is 184 Å². The van der Waals surface area contributed by atoms with Crippen LogP contribution in [0.4, 0.5) is 77.5 Å². The molecule has 0 heterocycles. The van der Waals surface area contributed by atoms with Gasteiger partial charge >= 0.3 is 6.18 Å². The lowest BCUT2D eigenvalue weighted by atomic mass is 10.2. The fourth-order valence-corrected chi connectivity index (χ4v) is 5.58. The number of anilines is 6. The van der Waals surface area contributed by atoms with E-state index >= 15 is 0 Å². The number of hydrogen-bond acceptors (Lipinski definition) is 12. The van der Waals surface area contributed by atoms with Crippen LogP contribution in [0.15, 0.2) is 120 Å². The first-order chi connectivity index (χ1) is 28.8. The first-order valence-electron chi connectivity index (χ1n) is 16.2. The monoisotopic (exact) mass is 1270 g/mol. The molecule has 0 fully saturated rings. The quantitative estimate of drug-likeness (QED) is 0.0317. The summed E-state index contributed by atoms with van der Waals surface area (Å²) in [6.07, 6.45) is -4.34. The van der Waals surface area contributed by atoms with E-state index in [1.807, 2.05) is 67.8 Å². The second kappa shape index (κ2) is 26.1. The lowest BCUT2D eigenvalue weighted by Crippen LogP contribution is -2.07. The van der Waals surface area contributed by atoms with Crippen molar-refractivity contribution in [1.29, 1.82) is 0 Å². The Balaban J connectivity index is 0.000000373. The second-order valence-electron chi connectivity index (χ2n) is 11.2. The maximum atomic E-state index is 12.5. The lowest BCUT2D eigenvalue weighted by Gasteiger charge is -2.07. The summed E-state index contributed by atoms with van der Waals surface area (Å²) >= 11 is 9.05. The highest BCUT2D eigenvalue weighted by Gasteiger charge is 2.32. The van der Waals surface area contributed by atoms with Gasteiger partial charge in [0.1, 0.15) is 28.7 Å². The third-order valence-electron chi connectivity index (χ3n) is 6.87. The van der Waals surface area contributed by atoms with Crippen molar-refractivity contribution in [2.75, 3.05) is 34.4 Å². The van der Waals surface area contributed by atoms with Crippen LogP contribution in [0.25, 0.3) is 0 Å². The predicted molar refractivity (Wildman–Crippen MR) is 256 cm³/mol. The number of nitrogen functional groups attached to an aromatic ring is 6. The van der Waals surface area contributed by atoms with Crippen LogP contribution in [0.3, 0.4) is 0 Å². The van der Waals surface area contributed by atoms with E-state index in [0.29, 0.717) is 13.7 Å². The molecule has 0 saturated carbocycles. The zero-order valence-corrected chi connectivity index (χ0v) is 39.1. The average molecular weight is 1270 g/mol. The molecular formula is C37H31BrF6I3N9O6. The highest BCUT2D eigenvalue weighted by Crippen LogP contribution is 2.33. The summed E-state index contributed by atoms with van der Waals surface area (Å²) in [6.45, 7) is 0. The number of nitro benzene ring substituents is 3. The van der Waals surface area contributed by atoms with Gasteiger partial charge in [0.25, 0.3) is 17.1 Å². The number of nitrogens with zero attached hydrogens (tertiary/aromatic N) is 3. The van der Waals surface area contributed by atoms with Gasteiger partial charge in [0.2, 0.25) is 0 Å².